The first-order valence-electron chi connectivity index (χ1n) is 4.40. The lowest BCUT2D eigenvalue weighted by Gasteiger charge is -2.08. The molecule has 1 aromatic rings. The van der Waals surface area contributed by atoms with Gasteiger partial charge >= 0.3 is 0 Å². The van der Waals surface area contributed by atoms with Crippen molar-refractivity contribution in [2.75, 3.05) is 6.61 Å². The van der Waals surface area contributed by atoms with Crippen LogP contribution >= 0.6 is 0 Å². The Hall–Kier alpha value is -0.890. The Labute approximate surface area is 72.6 Å². The van der Waals surface area contributed by atoms with Gasteiger partial charge in [-0.2, -0.15) is 0 Å². The normalized spacial score (nSPS) is 22.9. The maximum Gasteiger partial charge on any atom is 0.0995 e. The Morgan fingerprint density at radius 2 is 2.50 bits per heavy atom. The van der Waals surface area contributed by atoms with E-state index in [9.17, 15) is 0 Å². The van der Waals surface area contributed by atoms with Crippen LogP contribution in [0.3, 0.4) is 0 Å². The monoisotopic (exact) mass is 163 g/mol. The Kier molecular flexibility index (Phi) is 2.09. The summed E-state index contributed by atoms with van der Waals surface area (Å²) < 4.78 is 5.53. The predicted molar refractivity (Wildman–Crippen MR) is 46.9 cm³/mol. The molecule has 0 saturated carbocycles. The molecule has 1 aromatic heterocycles. The Morgan fingerprint density at radius 1 is 1.58 bits per heavy atom. The zero-order valence-electron chi connectivity index (χ0n) is 7.29. The molecule has 0 radical (unpaired) electrons. The molecular weight excluding hydrogens is 150 g/mol. The zero-order chi connectivity index (χ0) is 8.39. The lowest BCUT2D eigenvalue weighted by Crippen LogP contribution is -1.98. The molecule has 0 amide bonds. The van der Waals surface area contributed by atoms with Gasteiger partial charge in [-0.3, -0.25) is 4.98 Å². The molecule has 0 aromatic carbocycles. The minimum Gasteiger partial charge on any atom is -0.372 e. The van der Waals surface area contributed by atoms with E-state index in [-0.39, 0.29) is 6.10 Å². The largest absolute Gasteiger partial charge is 0.372 e. The van der Waals surface area contributed by atoms with Crippen LogP contribution in [-0.2, 0) is 4.74 Å². The minimum atomic E-state index is 0.255. The van der Waals surface area contributed by atoms with Gasteiger partial charge in [-0.15, -0.1) is 0 Å². The van der Waals surface area contributed by atoms with Gasteiger partial charge in [-0.25, -0.2) is 0 Å². The highest BCUT2D eigenvalue weighted by Crippen LogP contribution is 2.26. The van der Waals surface area contributed by atoms with Crippen molar-refractivity contribution in [3.63, 3.8) is 0 Å². The van der Waals surface area contributed by atoms with Crippen LogP contribution in [0.2, 0.25) is 0 Å². The van der Waals surface area contributed by atoms with E-state index in [1.54, 1.807) is 0 Å². The van der Waals surface area contributed by atoms with Crippen LogP contribution in [0.15, 0.2) is 18.3 Å². The predicted octanol–water partition coefficient (Wildman–Crippen LogP) is 2.24. The van der Waals surface area contributed by atoms with E-state index < -0.39 is 0 Å². The van der Waals surface area contributed by atoms with Crippen molar-refractivity contribution in [3.05, 3.63) is 29.6 Å². The van der Waals surface area contributed by atoms with Gasteiger partial charge < -0.3 is 4.74 Å². The number of hydrogen-bond acceptors (Lipinski definition) is 2. The van der Waals surface area contributed by atoms with E-state index in [4.69, 9.17) is 4.74 Å². The maximum atomic E-state index is 5.53. The molecule has 0 bridgehead atoms. The third-order valence-electron chi connectivity index (χ3n) is 2.20. The molecule has 1 aliphatic heterocycles. The molecule has 1 unspecified atom stereocenters. The summed E-state index contributed by atoms with van der Waals surface area (Å²) in [5.41, 5.74) is 2.35. The summed E-state index contributed by atoms with van der Waals surface area (Å²) in [6.07, 6.45) is 4.40. The molecule has 1 atom stereocenters. The zero-order valence-corrected chi connectivity index (χ0v) is 7.29. The van der Waals surface area contributed by atoms with Gasteiger partial charge in [-0.1, -0.05) is 0 Å². The summed E-state index contributed by atoms with van der Waals surface area (Å²) in [6, 6.07) is 4.12. The second-order valence-electron chi connectivity index (χ2n) is 3.26. The molecule has 64 valence electrons. The lowest BCUT2D eigenvalue weighted by molar-refractivity contribution is 0.108. The van der Waals surface area contributed by atoms with Crippen LogP contribution in [0, 0.1) is 6.92 Å². The van der Waals surface area contributed by atoms with E-state index in [1.165, 1.54) is 12.0 Å². The van der Waals surface area contributed by atoms with Gasteiger partial charge in [0.25, 0.3) is 0 Å². The van der Waals surface area contributed by atoms with Gasteiger partial charge in [0.2, 0.25) is 0 Å². The van der Waals surface area contributed by atoms with Crippen molar-refractivity contribution < 1.29 is 4.74 Å². The van der Waals surface area contributed by atoms with Crippen molar-refractivity contribution in [2.45, 2.75) is 25.9 Å². The molecule has 2 heterocycles. The fourth-order valence-corrected chi connectivity index (χ4v) is 1.55. The van der Waals surface area contributed by atoms with Crippen molar-refractivity contribution in [1.29, 1.82) is 0 Å². The Bertz CT molecular complexity index is 266. The number of aryl methyl sites for hydroxylation is 1. The molecule has 0 N–H and O–H groups in total. The second-order valence-corrected chi connectivity index (χ2v) is 3.26. The summed E-state index contributed by atoms with van der Waals surface area (Å²) in [5, 5.41) is 0. The summed E-state index contributed by atoms with van der Waals surface area (Å²) in [7, 11) is 0. The van der Waals surface area contributed by atoms with Crippen molar-refractivity contribution in [3.8, 4) is 0 Å². The van der Waals surface area contributed by atoms with Gasteiger partial charge in [0, 0.05) is 12.8 Å². The van der Waals surface area contributed by atoms with E-state index in [0.29, 0.717) is 0 Å². The molecule has 1 fully saturated rings. The summed E-state index contributed by atoms with van der Waals surface area (Å²) in [5.74, 6) is 0. The van der Waals surface area contributed by atoms with E-state index in [2.05, 4.69) is 18.0 Å². The van der Waals surface area contributed by atoms with Gasteiger partial charge in [0.1, 0.15) is 0 Å². The molecule has 2 nitrogen and oxygen atoms in total. The third kappa shape index (κ3) is 1.48. The Balaban J connectivity index is 2.21. The van der Waals surface area contributed by atoms with Crippen molar-refractivity contribution >= 4 is 0 Å². The SMILES string of the molecule is Cc1ccnc(C2CCCO2)c1. The van der Waals surface area contributed by atoms with Gasteiger partial charge in [0.15, 0.2) is 0 Å². The summed E-state index contributed by atoms with van der Waals surface area (Å²) in [4.78, 5) is 4.30. The highest BCUT2D eigenvalue weighted by molar-refractivity contribution is 5.16. The number of ether oxygens (including phenoxy) is 1. The molecule has 2 rings (SSSR count). The number of aromatic nitrogens is 1. The first-order chi connectivity index (χ1) is 5.86. The quantitative estimate of drug-likeness (QED) is 0.633. The maximum absolute atomic E-state index is 5.53. The first-order valence-corrected chi connectivity index (χ1v) is 4.40. The Morgan fingerprint density at radius 3 is 3.17 bits per heavy atom. The first kappa shape index (κ1) is 7.74. The molecule has 0 spiro atoms. The molecule has 2 heteroatoms. The van der Waals surface area contributed by atoms with Crippen LogP contribution in [0.5, 0.6) is 0 Å². The van der Waals surface area contributed by atoms with E-state index in [1.807, 2.05) is 12.3 Å². The highest BCUT2D eigenvalue weighted by atomic mass is 16.5. The van der Waals surface area contributed by atoms with Crippen LogP contribution in [0.25, 0.3) is 0 Å². The molecule has 12 heavy (non-hydrogen) atoms. The molecule has 0 aliphatic carbocycles. The molecular formula is C10H13NO. The van der Waals surface area contributed by atoms with Crippen LogP contribution < -0.4 is 0 Å². The fourth-order valence-electron chi connectivity index (χ4n) is 1.55. The van der Waals surface area contributed by atoms with Crippen LogP contribution in [-0.4, -0.2) is 11.6 Å². The van der Waals surface area contributed by atoms with E-state index >= 15 is 0 Å². The number of nitrogens with zero attached hydrogens (tertiary/aromatic N) is 1. The smallest absolute Gasteiger partial charge is 0.0995 e. The summed E-state index contributed by atoms with van der Waals surface area (Å²) >= 11 is 0. The number of rotatable bonds is 1. The topological polar surface area (TPSA) is 22.1 Å². The number of pyridine rings is 1. The average molecular weight is 163 g/mol. The van der Waals surface area contributed by atoms with E-state index in [0.717, 1.165) is 18.7 Å². The molecule has 1 saturated heterocycles. The van der Waals surface area contributed by atoms with Gasteiger partial charge in [-0.05, 0) is 37.5 Å². The highest BCUT2D eigenvalue weighted by Gasteiger charge is 2.18. The fraction of sp³-hybridized carbons (Fsp3) is 0.500. The van der Waals surface area contributed by atoms with Crippen LogP contribution in [0.4, 0.5) is 0 Å². The molecule has 1 aliphatic rings. The van der Waals surface area contributed by atoms with Crippen LogP contribution in [0.1, 0.15) is 30.2 Å². The lowest BCUT2D eigenvalue weighted by atomic mass is 10.1. The standard InChI is InChI=1S/C10H13NO/c1-8-4-5-11-9(7-8)10-3-2-6-12-10/h4-5,7,10H,2-3,6H2,1H3. The average Bonchev–Trinajstić information content (AvgIpc) is 2.56. The second kappa shape index (κ2) is 3.23. The minimum absolute atomic E-state index is 0.255. The summed E-state index contributed by atoms with van der Waals surface area (Å²) in [6.45, 7) is 2.97. The van der Waals surface area contributed by atoms with Crippen molar-refractivity contribution in [2.24, 2.45) is 0 Å². The number of hydrogen-bond donors (Lipinski definition) is 0. The van der Waals surface area contributed by atoms with Gasteiger partial charge in [0.05, 0.1) is 11.8 Å². The third-order valence-corrected chi connectivity index (χ3v) is 2.20. The van der Waals surface area contributed by atoms with Crippen molar-refractivity contribution in [1.82, 2.24) is 4.98 Å².